The zero-order valence-corrected chi connectivity index (χ0v) is 12.5. The van der Waals surface area contributed by atoms with Crippen molar-refractivity contribution >= 4 is 16.8 Å². The fraction of sp³-hybridized carbons (Fsp3) is 0.471. The topological polar surface area (TPSA) is 70.9 Å². The molecule has 0 saturated heterocycles. The Morgan fingerprint density at radius 3 is 2.90 bits per heavy atom. The van der Waals surface area contributed by atoms with Crippen molar-refractivity contribution < 1.29 is 4.79 Å². The summed E-state index contributed by atoms with van der Waals surface area (Å²) < 4.78 is 0. The summed E-state index contributed by atoms with van der Waals surface area (Å²) in [5.41, 5.74) is 8.54. The number of nitrogens with two attached hydrogens (primary N) is 1. The van der Waals surface area contributed by atoms with Crippen molar-refractivity contribution in [1.82, 2.24) is 10.3 Å². The van der Waals surface area contributed by atoms with Gasteiger partial charge in [-0.2, -0.15) is 0 Å². The summed E-state index contributed by atoms with van der Waals surface area (Å²) in [6.07, 6.45) is 6.18. The minimum atomic E-state index is -0.493. The van der Waals surface area contributed by atoms with Crippen LogP contribution in [0.5, 0.6) is 0 Å². The quantitative estimate of drug-likeness (QED) is 0.789. The Morgan fingerprint density at radius 1 is 1.43 bits per heavy atom. The van der Waals surface area contributed by atoms with Crippen molar-refractivity contribution in [3.8, 4) is 0 Å². The molecule has 2 aromatic rings. The Morgan fingerprint density at radius 2 is 2.19 bits per heavy atom. The predicted molar refractivity (Wildman–Crippen MR) is 84.9 cm³/mol. The molecule has 112 valence electrons. The van der Waals surface area contributed by atoms with E-state index in [2.05, 4.69) is 23.3 Å². The summed E-state index contributed by atoms with van der Waals surface area (Å²) >= 11 is 0. The van der Waals surface area contributed by atoms with Crippen molar-refractivity contribution in [1.29, 1.82) is 0 Å². The third-order valence-electron chi connectivity index (χ3n) is 4.70. The highest BCUT2D eigenvalue weighted by atomic mass is 16.2. The predicted octanol–water partition coefficient (Wildman–Crippen LogP) is 2.34. The molecule has 0 aliphatic heterocycles. The lowest BCUT2D eigenvalue weighted by molar-refractivity contribution is -0.123. The van der Waals surface area contributed by atoms with Crippen LogP contribution in [0, 0.1) is 5.41 Å². The molecule has 1 saturated carbocycles. The van der Waals surface area contributed by atoms with Gasteiger partial charge in [0.25, 0.3) is 0 Å². The standard InChI is InChI=1S/C17H23N3O/c1-17(7-4-8-17)11-20-16(21)14(18)9-12-10-19-15-6-3-2-5-13(12)15/h2-3,5-6,10,14,19H,4,7-9,11,18H2,1H3,(H,20,21)/t14-/m0/s1. The maximum atomic E-state index is 12.1. The van der Waals surface area contributed by atoms with E-state index in [0.29, 0.717) is 6.42 Å². The number of fused-ring (bicyclic) bond motifs is 1. The molecule has 1 aromatic carbocycles. The second-order valence-electron chi connectivity index (χ2n) is 6.55. The van der Waals surface area contributed by atoms with Gasteiger partial charge in [-0.25, -0.2) is 0 Å². The lowest BCUT2D eigenvalue weighted by Gasteiger charge is -2.38. The molecule has 1 atom stereocenters. The SMILES string of the molecule is CC1(CNC(=O)[C@@H](N)Cc2c[nH]c3ccccc23)CCC1. The molecular formula is C17H23N3O. The molecule has 1 aliphatic rings. The molecule has 0 radical (unpaired) electrons. The maximum absolute atomic E-state index is 12.1. The van der Waals surface area contributed by atoms with Crippen LogP contribution < -0.4 is 11.1 Å². The largest absolute Gasteiger partial charge is 0.361 e. The molecule has 4 N–H and O–H groups in total. The first-order chi connectivity index (χ1) is 10.1. The lowest BCUT2D eigenvalue weighted by Crippen LogP contribution is -2.47. The van der Waals surface area contributed by atoms with E-state index in [0.717, 1.165) is 23.0 Å². The first-order valence-corrected chi connectivity index (χ1v) is 7.66. The molecule has 0 unspecified atom stereocenters. The zero-order valence-electron chi connectivity index (χ0n) is 12.5. The van der Waals surface area contributed by atoms with Crippen LogP contribution in [0.2, 0.25) is 0 Å². The number of para-hydroxylation sites is 1. The number of aromatic nitrogens is 1. The van der Waals surface area contributed by atoms with Crippen LogP contribution in [0.15, 0.2) is 30.5 Å². The van der Waals surface area contributed by atoms with Gasteiger partial charge in [0.2, 0.25) is 5.91 Å². The van der Waals surface area contributed by atoms with Gasteiger partial charge in [-0.15, -0.1) is 0 Å². The molecule has 4 nitrogen and oxygen atoms in total. The van der Waals surface area contributed by atoms with Crippen molar-refractivity contribution in [2.45, 2.75) is 38.6 Å². The molecular weight excluding hydrogens is 262 g/mol. The number of hydrogen-bond donors (Lipinski definition) is 3. The molecule has 1 aliphatic carbocycles. The third kappa shape index (κ3) is 2.95. The number of H-pyrrole nitrogens is 1. The highest BCUT2D eigenvalue weighted by molar-refractivity contribution is 5.86. The Balaban J connectivity index is 1.60. The summed E-state index contributed by atoms with van der Waals surface area (Å²) in [5.74, 6) is -0.0478. The van der Waals surface area contributed by atoms with E-state index in [4.69, 9.17) is 5.73 Å². The monoisotopic (exact) mass is 285 g/mol. The second-order valence-corrected chi connectivity index (χ2v) is 6.55. The first-order valence-electron chi connectivity index (χ1n) is 7.66. The molecule has 1 heterocycles. The van der Waals surface area contributed by atoms with E-state index in [9.17, 15) is 4.79 Å². The number of amides is 1. The summed E-state index contributed by atoms with van der Waals surface area (Å²) in [7, 11) is 0. The Bertz CT molecular complexity index is 642. The van der Waals surface area contributed by atoms with Gasteiger partial charge in [0.1, 0.15) is 0 Å². The molecule has 1 fully saturated rings. The van der Waals surface area contributed by atoms with Gasteiger partial charge in [0.05, 0.1) is 6.04 Å². The number of nitrogens with one attached hydrogen (secondary N) is 2. The van der Waals surface area contributed by atoms with Gasteiger partial charge >= 0.3 is 0 Å². The second kappa shape index (κ2) is 5.53. The Labute approximate surface area is 125 Å². The van der Waals surface area contributed by atoms with Gasteiger partial charge in [-0.1, -0.05) is 31.5 Å². The first kappa shape index (κ1) is 14.1. The highest BCUT2D eigenvalue weighted by Crippen LogP contribution is 2.39. The smallest absolute Gasteiger partial charge is 0.237 e. The van der Waals surface area contributed by atoms with Gasteiger partial charge in [-0.05, 0) is 36.3 Å². The lowest BCUT2D eigenvalue weighted by atomic mass is 9.70. The molecule has 4 heteroatoms. The van der Waals surface area contributed by atoms with Gasteiger partial charge in [0.15, 0.2) is 0 Å². The number of carbonyl (C=O) groups is 1. The highest BCUT2D eigenvalue weighted by Gasteiger charge is 2.32. The summed E-state index contributed by atoms with van der Waals surface area (Å²) in [5, 5.41) is 4.16. The van der Waals surface area contributed by atoms with E-state index in [1.54, 1.807) is 0 Å². The Hall–Kier alpha value is -1.81. The summed E-state index contributed by atoms with van der Waals surface area (Å²) in [6, 6.07) is 7.59. The van der Waals surface area contributed by atoms with E-state index in [-0.39, 0.29) is 11.3 Å². The summed E-state index contributed by atoms with van der Waals surface area (Å²) in [4.78, 5) is 15.4. The number of rotatable bonds is 5. The maximum Gasteiger partial charge on any atom is 0.237 e. The third-order valence-corrected chi connectivity index (χ3v) is 4.70. The van der Waals surface area contributed by atoms with Crippen LogP contribution in [0.4, 0.5) is 0 Å². The van der Waals surface area contributed by atoms with Crippen molar-refractivity contribution in [3.05, 3.63) is 36.0 Å². The molecule has 0 spiro atoms. The van der Waals surface area contributed by atoms with Crippen LogP contribution in [0.25, 0.3) is 10.9 Å². The molecule has 1 amide bonds. The van der Waals surface area contributed by atoms with Gasteiger partial charge in [-0.3, -0.25) is 4.79 Å². The average Bonchev–Trinajstić information content (AvgIpc) is 2.86. The van der Waals surface area contributed by atoms with Crippen molar-refractivity contribution in [2.24, 2.45) is 11.1 Å². The van der Waals surface area contributed by atoms with E-state index < -0.39 is 6.04 Å². The van der Waals surface area contributed by atoms with Crippen LogP contribution >= 0.6 is 0 Å². The zero-order chi connectivity index (χ0) is 14.9. The van der Waals surface area contributed by atoms with Gasteiger partial charge < -0.3 is 16.0 Å². The average molecular weight is 285 g/mol. The molecule has 1 aromatic heterocycles. The summed E-state index contributed by atoms with van der Waals surface area (Å²) in [6.45, 7) is 2.97. The fourth-order valence-corrected chi connectivity index (χ4v) is 3.02. The number of benzene rings is 1. The van der Waals surface area contributed by atoms with Crippen LogP contribution in [0.1, 0.15) is 31.7 Å². The van der Waals surface area contributed by atoms with Crippen LogP contribution in [-0.4, -0.2) is 23.5 Å². The number of carbonyl (C=O) groups excluding carboxylic acids is 1. The fourth-order valence-electron chi connectivity index (χ4n) is 3.02. The van der Waals surface area contributed by atoms with Gasteiger partial charge in [0, 0.05) is 23.6 Å². The van der Waals surface area contributed by atoms with Crippen molar-refractivity contribution in [2.75, 3.05) is 6.54 Å². The Kier molecular flexibility index (Phi) is 3.72. The minimum absolute atomic E-state index is 0.0478. The van der Waals surface area contributed by atoms with E-state index >= 15 is 0 Å². The van der Waals surface area contributed by atoms with Crippen LogP contribution in [0.3, 0.4) is 0 Å². The normalized spacial score (nSPS) is 18.2. The number of aromatic amines is 1. The number of hydrogen-bond acceptors (Lipinski definition) is 2. The van der Waals surface area contributed by atoms with E-state index in [1.807, 2.05) is 24.4 Å². The van der Waals surface area contributed by atoms with Crippen molar-refractivity contribution in [3.63, 3.8) is 0 Å². The van der Waals surface area contributed by atoms with Crippen LogP contribution in [-0.2, 0) is 11.2 Å². The molecule has 21 heavy (non-hydrogen) atoms. The molecule has 3 rings (SSSR count). The minimum Gasteiger partial charge on any atom is -0.361 e. The molecule has 0 bridgehead atoms. The van der Waals surface area contributed by atoms with E-state index in [1.165, 1.54) is 19.3 Å².